The molecule has 1 saturated carbocycles. The molecule has 2 amide bonds. The van der Waals surface area contributed by atoms with Gasteiger partial charge in [-0.25, -0.2) is 13.1 Å². The Balaban J connectivity index is 1.13. The van der Waals surface area contributed by atoms with Gasteiger partial charge in [-0.15, -0.1) is 0 Å². The third kappa shape index (κ3) is 5.44. The number of carbonyl (C=O) groups excluding carboxylic acids is 2. The van der Waals surface area contributed by atoms with E-state index in [9.17, 15) is 18.0 Å². The first-order valence-corrected chi connectivity index (χ1v) is 13.3. The first kappa shape index (κ1) is 23.3. The van der Waals surface area contributed by atoms with E-state index in [4.69, 9.17) is 0 Å². The molecule has 7 nitrogen and oxygen atoms in total. The number of rotatable bonds is 8. The fourth-order valence-electron chi connectivity index (χ4n) is 4.21. The summed E-state index contributed by atoms with van der Waals surface area (Å²) in [5.74, 6) is -0.199. The Kier molecular flexibility index (Phi) is 6.40. The third-order valence-electron chi connectivity index (χ3n) is 6.32. The van der Waals surface area contributed by atoms with Gasteiger partial charge in [-0.2, -0.15) is 0 Å². The molecule has 5 rings (SSSR count). The van der Waals surface area contributed by atoms with Crippen LogP contribution in [0, 0.1) is 0 Å². The number of nitrogens with one attached hydrogen (secondary N) is 2. The number of hydrogen-bond donors (Lipinski definition) is 2. The lowest BCUT2D eigenvalue weighted by molar-refractivity contribution is -0.116. The van der Waals surface area contributed by atoms with E-state index >= 15 is 0 Å². The molecule has 1 aliphatic heterocycles. The van der Waals surface area contributed by atoms with Crippen molar-refractivity contribution in [1.82, 2.24) is 4.72 Å². The Bertz CT molecular complexity index is 1350. The van der Waals surface area contributed by atoms with Crippen LogP contribution < -0.4 is 14.9 Å². The van der Waals surface area contributed by atoms with Gasteiger partial charge in [0.05, 0.1) is 4.90 Å². The number of para-hydroxylation sites is 1. The van der Waals surface area contributed by atoms with Crippen LogP contribution >= 0.6 is 0 Å². The molecule has 0 radical (unpaired) electrons. The van der Waals surface area contributed by atoms with E-state index in [0.717, 1.165) is 30.5 Å². The molecule has 0 aromatic heterocycles. The number of carbonyl (C=O) groups is 2. The number of aryl methyl sites for hydroxylation is 1. The molecule has 3 aromatic rings. The summed E-state index contributed by atoms with van der Waals surface area (Å²) in [7, 11) is -3.47. The van der Waals surface area contributed by atoms with Gasteiger partial charge in [0.15, 0.2) is 0 Å². The van der Waals surface area contributed by atoms with Crippen molar-refractivity contribution in [3.63, 3.8) is 0 Å². The minimum Gasteiger partial charge on any atom is -0.326 e. The topological polar surface area (TPSA) is 95.6 Å². The predicted octanol–water partition coefficient (Wildman–Crippen LogP) is 3.90. The first-order valence-electron chi connectivity index (χ1n) is 11.8. The average Bonchev–Trinajstić information content (AvgIpc) is 3.56. The van der Waals surface area contributed by atoms with E-state index in [0.29, 0.717) is 24.2 Å². The van der Waals surface area contributed by atoms with Crippen LogP contribution in [0.4, 0.5) is 11.4 Å². The number of hydrogen-bond acceptors (Lipinski definition) is 4. The Morgan fingerprint density at radius 1 is 0.914 bits per heavy atom. The second-order valence-corrected chi connectivity index (χ2v) is 10.7. The standard InChI is InChI=1S/C27H27N3O4S/c31-26(16-7-19-5-14-24(15-6-19)35(33,34)29-23-12-13-23)28-22-10-8-21(9-11-22)27(32)30-18-17-20-3-1-2-4-25(20)30/h1-6,8-11,14-15,23,29H,7,12-13,16-18H2,(H,28,31). The van der Waals surface area contributed by atoms with E-state index in [-0.39, 0.29) is 29.2 Å². The number of fused-ring (bicyclic) bond motifs is 1. The zero-order valence-corrected chi connectivity index (χ0v) is 20.1. The lowest BCUT2D eigenvalue weighted by Gasteiger charge is -2.17. The van der Waals surface area contributed by atoms with Gasteiger partial charge in [-0.3, -0.25) is 9.59 Å². The Labute approximate surface area is 205 Å². The summed E-state index contributed by atoms with van der Waals surface area (Å²) in [6, 6.07) is 21.6. The van der Waals surface area contributed by atoms with Crippen LogP contribution in [0.15, 0.2) is 77.7 Å². The van der Waals surface area contributed by atoms with Crippen molar-refractivity contribution in [2.75, 3.05) is 16.8 Å². The highest BCUT2D eigenvalue weighted by Crippen LogP contribution is 2.29. The molecular formula is C27H27N3O4S. The quantitative estimate of drug-likeness (QED) is 0.502. The number of benzene rings is 3. The maximum absolute atomic E-state index is 12.9. The Morgan fingerprint density at radius 3 is 2.34 bits per heavy atom. The number of nitrogens with zero attached hydrogens (tertiary/aromatic N) is 1. The van der Waals surface area contributed by atoms with Crippen molar-refractivity contribution < 1.29 is 18.0 Å². The van der Waals surface area contributed by atoms with Gasteiger partial charge in [-0.05, 0) is 79.3 Å². The third-order valence-corrected chi connectivity index (χ3v) is 7.86. The maximum Gasteiger partial charge on any atom is 0.258 e. The molecule has 8 heteroatoms. The highest BCUT2D eigenvalue weighted by atomic mass is 32.2. The second-order valence-electron chi connectivity index (χ2n) is 9.00. The molecule has 0 unspecified atom stereocenters. The van der Waals surface area contributed by atoms with Crippen molar-refractivity contribution in [2.45, 2.75) is 43.0 Å². The minimum absolute atomic E-state index is 0.0504. The molecular weight excluding hydrogens is 462 g/mol. The molecule has 0 bridgehead atoms. The summed E-state index contributed by atoms with van der Waals surface area (Å²) < 4.78 is 27.2. The van der Waals surface area contributed by atoms with Gasteiger partial charge in [0.25, 0.3) is 5.91 Å². The van der Waals surface area contributed by atoms with E-state index in [2.05, 4.69) is 10.0 Å². The van der Waals surface area contributed by atoms with Crippen molar-refractivity contribution in [3.8, 4) is 0 Å². The monoisotopic (exact) mass is 489 g/mol. The SMILES string of the molecule is O=C(CCc1ccc(S(=O)(=O)NC2CC2)cc1)Nc1ccc(C(=O)N2CCc3ccccc32)cc1. The van der Waals surface area contributed by atoms with Gasteiger partial charge in [0.2, 0.25) is 15.9 Å². The van der Waals surface area contributed by atoms with E-state index in [1.807, 2.05) is 24.3 Å². The number of amides is 2. The van der Waals surface area contributed by atoms with Crippen molar-refractivity contribution in [2.24, 2.45) is 0 Å². The molecule has 2 N–H and O–H groups in total. The summed E-state index contributed by atoms with van der Waals surface area (Å²) in [5.41, 5.74) is 4.22. The fraction of sp³-hybridized carbons (Fsp3) is 0.259. The smallest absolute Gasteiger partial charge is 0.258 e. The molecule has 180 valence electrons. The molecule has 2 aliphatic rings. The second kappa shape index (κ2) is 9.64. The van der Waals surface area contributed by atoms with Crippen LogP contribution in [0.25, 0.3) is 0 Å². The highest BCUT2D eigenvalue weighted by molar-refractivity contribution is 7.89. The van der Waals surface area contributed by atoms with E-state index in [1.165, 1.54) is 5.56 Å². The molecule has 0 spiro atoms. The summed E-state index contributed by atoms with van der Waals surface area (Å²) in [5, 5.41) is 2.86. The molecule has 1 heterocycles. The predicted molar refractivity (Wildman–Crippen MR) is 135 cm³/mol. The van der Waals surface area contributed by atoms with E-state index < -0.39 is 10.0 Å². The van der Waals surface area contributed by atoms with E-state index in [1.54, 1.807) is 53.4 Å². The van der Waals surface area contributed by atoms with Crippen molar-refractivity contribution in [1.29, 1.82) is 0 Å². The van der Waals surface area contributed by atoms with Crippen molar-refractivity contribution >= 4 is 33.2 Å². The van der Waals surface area contributed by atoms with Crippen LogP contribution in [0.2, 0.25) is 0 Å². The summed E-state index contributed by atoms with van der Waals surface area (Å²) in [4.78, 5) is 27.4. The lowest BCUT2D eigenvalue weighted by Crippen LogP contribution is -2.28. The number of sulfonamides is 1. The normalized spacial score (nSPS) is 15.0. The maximum atomic E-state index is 12.9. The lowest BCUT2D eigenvalue weighted by atomic mass is 10.1. The highest BCUT2D eigenvalue weighted by Gasteiger charge is 2.28. The molecule has 1 aliphatic carbocycles. The van der Waals surface area contributed by atoms with Gasteiger partial charge in [0, 0.05) is 35.9 Å². The zero-order valence-electron chi connectivity index (χ0n) is 19.2. The summed E-state index contributed by atoms with van der Waals surface area (Å²) >= 11 is 0. The van der Waals surface area contributed by atoms with Gasteiger partial charge >= 0.3 is 0 Å². The molecule has 35 heavy (non-hydrogen) atoms. The minimum atomic E-state index is -3.47. The summed E-state index contributed by atoms with van der Waals surface area (Å²) in [6.45, 7) is 0.667. The Morgan fingerprint density at radius 2 is 1.63 bits per heavy atom. The van der Waals surface area contributed by atoms with Crippen LogP contribution in [0.1, 0.15) is 40.7 Å². The fourth-order valence-corrected chi connectivity index (χ4v) is 5.51. The first-order chi connectivity index (χ1) is 16.9. The van der Waals surface area contributed by atoms with Crippen LogP contribution in [-0.2, 0) is 27.7 Å². The molecule has 0 saturated heterocycles. The average molecular weight is 490 g/mol. The summed E-state index contributed by atoms with van der Waals surface area (Å²) in [6.07, 6.45) is 3.38. The molecule has 1 fully saturated rings. The Hall–Kier alpha value is -3.49. The molecule has 0 atom stereocenters. The zero-order chi connectivity index (χ0) is 24.4. The van der Waals surface area contributed by atoms with Crippen LogP contribution in [-0.4, -0.2) is 32.8 Å². The number of anilines is 2. The molecule has 3 aromatic carbocycles. The van der Waals surface area contributed by atoms with Crippen molar-refractivity contribution in [3.05, 3.63) is 89.5 Å². The largest absolute Gasteiger partial charge is 0.326 e. The van der Waals surface area contributed by atoms with Crippen LogP contribution in [0.3, 0.4) is 0 Å². The van der Waals surface area contributed by atoms with Crippen LogP contribution in [0.5, 0.6) is 0 Å². The van der Waals surface area contributed by atoms with Gasteiger partial charge in [0.1, 0.15) is 0 Å². The van der Waals surface area contributed by atoms with Gasteiger partial charge in [-0.1, -0.05) is 30.3 Å². The van der Waals surface area contributed by atoms with Gasteiger partial charge < -0.3 is 10.2 Å².